The molecule has 0 atom stereocenters. The van der Waals surface area contributed by atoms with Crippen LogP contribution in [0.3, 0.4) is 0 Å². The largest absolute Gasteiger partial charge is 0.478 e. The number of halogens is 1. The first kappa shape index (κ1) is 11.9. The summed E-state index contributed by atoms with van der Waals surface area (Å²) in [5.41, 5.74) is -0.980. The quantitative estimate of drug-likeness (QED) is 0.494. The molecule has 0 saturated heterocycles. The number of benzene rings is 1. The van der Waals surface area contributed by atoms with Crippen molar-refractivity contribution in [1.29, 1.82) is 5.26 Å². The molecule has 0 aliphatic heterocycles. The van der Waals surface area contributed by atoms with Crippen molar-refractivity contribution in [3.8, 4) is 6.07 Å². The predicted molar refractivity (Wildman–Crippen MR) is 54.3 cm³/mol. The minimum absolute atomic E-state index is 0.0362. The van der Waals surface area contributed by atoms with E-state index in [1.54, 1.807) is 6.07 Å². The summed E-state index contributed by atoms with van der Waals surface area (Å²) >= 11 is 5.50. The second-order valence-corrected chi connectivity index (χ2v) is 3.06. The summed E-state index contributed by atoms with van der Waals surface area (Å²) in [6.45, 7) is 0. The lowest BCUT2D eigenvalue weighted by atomic mass is 10.0. The summed E-state index contributed by atoms with van der Waals surface area (Å²) in [6.07, 6.45) is 0. The molecular weight excluding hydrogens is 236 g/mol. The molecular formula is C9H5ClN2O4. The molecule has 1 rings (SSSR count). The summed E-state index contributed by atoms with van der Waals surface area (Å²) in [5, 5.41) is 28.2. The lowest BCUT2D eigenvalue weighted by Crippen LogP contribution is -2.05. The molecule has 0 spiro atoms. The molecule has 1 N–H and O–H groups in total. The van der Waals surface area contributed by atoms with E-state index in [2.05, 4.69) is 0 Å². The number of hydrogen-bond acceptors (Lipinski definition) is 4. The summed E-state index contributed by atoms with van der Waals surface area (Å²) in [5.74, 6) is -1.55. The Labute approximate surface area is 94.8 Å². The number of carboxylic acids is 1. The Bertz CT molecular complexity index is 507. The molecule has 0 bridgehead atoms. The van der Waals surface area contributed by atoms with E-state index in [1.807, 2.05) is 0 Å². The molecule has 0 fully saturated rings. The molecule has 6 nitrogen and oxygen atoms in total. The number of nitro groups is 1. The maximum Gasteiger partial charge on any atom is 0.336 e. The molecule has 7 heteroatoms. The van der Waals surface area contributed by atoms with Crippen LogP contribution < -0.4 is 0 Å². The van der Waals surface area contributed by atoms with Crippen LogP contribution in [0.1, 0.15) is 21.5 Å². The topological polar surface area (TPSA) is 104 Å². The maximum absolute atomic E-state index is 10.8. The van der Waals surface area contributed by atoms with E-state index in [-0.39, 0.29) is 22.6 Å². The van der Waals surface area contributed by atoms with E-state index in [4.69, 9.17) is 22.0 Å². The van der Waals surface area contributed by atoms with Crippen LogP contribution in [0, 0.1) is 21.4 Å². The Kier molecular flexibility index (Phi) is 3.43. The summed E-state index contributed by atoms with van der Waals surface area (Å²) in [6, 6.07) is 3.65. The van der Waals surface area contributed by atoms with E-state index >= 15 is 0 Å². The molecule has 1 aromatic carbocycles. The number of nitrogens with zero attached hydrogens (tertiary/aromatic N) is 2. The van der Waals surface area contributed by atoms with Gasteiger partial charge in [-0.25, -0.2) is 4.79 Å². The van der Waals surface area contributed by atoms with Crippen LogP contribution in [0.5, 0.6) is 0 Å². The zero-order valence-corrected chi connectivity index (χ0v) is 8.56. The first-order valence-electron chi connectivity index (χ1n) is 4.02. The number of rotatable bonds is 3. The molecule has 0 aliphatic carbocycles. The number of nitro benzene ring substituents is 1. The second-order valence-electron chi connectivity index (χ2n) is 2.79. The van der Waals surface area contributed by atoms with Crippen molar-refractivity contribution < 1.29 is 14.8 Å². The molecule has 0 amide bonds. The van der Waals surface area contributed by atoms with Gasteiger partial charge in [-0.2, -0.15) is 5.26 Å². The summed E-state index contributed by atoms with van der Waals surface area (Å²) in [4.78, 5) is 20.6. The molecule has 0 saturated carbocycles. The van der Waals surface area contributed by atoms with Crippen molar-refractivity contribution in [2.75, 3.05) is 0 Å². The molecule has 0 heterocycles. The first-order valence-corrected chi connectivity index (χ1v) is 4.56. The van der Waals surface area contributed by atoms with Gasteiger partial charge in [-0.15, -0.1) is 11.6 Å². The molecule has 82 valence electrons. The van der Waals surface area contributed by atoms with E-state index < -0.39 is 16.6 Å². The normalized spacial score (nSPS) is 9.50. The van der Waals surface area contributed by atoms with Gasteiger partial charge in [0.15, 0.2) is 0 Å². The Morgan fingerprint density at radius 3 is 2.62 bits per heavy atom. The second kappa shape index (κ2) is 4.59. The molecule has 0 radical (unpaired) electrons. The third kappa shape index (κ3) is 1.94. The van der Waals surface area contributed by atoms with Gasteiger partial charge in [-0.1, -0.05) is 0 Å². The highest BCUT2D eigenvalue weighted by Gasteiger charge is 2.22. The Morgan fingerprint density at radius 1 is 1.62 bits per heavy atom. The number of nitriles is 1. The fraction of sp³-hybridized carbons (Fsp3) is 0.111. The smallest absolute Gasteiger partial charge is 0.336 e. The van der Waals surface area contributed by atoms with Crippen LogP contribution in [0.25, 0.3) is 0 Å². The highest BCUT2D eigenvalue weighted by molar-refractivity contribution is 6.18. The van der Waals surface area contributed by atoms with E-state index in [1.165, 1.54) is 0 Å². The monoisotopic (exact) mass is 240 g/mol. The summed E-state index contributed by atoms with van der Waals surface area (Å²) in [7, 11) is 0. The molecule has 0 aromatic heterocycles. The van der Waals surface area contributed by atoms with Crippen molar-refractivity contribution in [3.05, 3.63) is 38.9 Å². The fourth-order valence-corrected chi connectivity index (χ4v) is 1.53. The Morgan fingerprint density at radius 2 is 2.25 bits per heavy atom. The lowest BCUT2D eigenvalue weighted by Gasteiger charge is -2.04. The summed E-state index contributed by atoms with van der Waals surface area (Å²) < 4.78 is 0. The van der Waals surface area contributed by atoms with Crippen LogP contribution in [0.15, 0.2) is 12.1 Å². The van der Waals surface area contributed by atoms with Crippen molar-refractivity contribution in [2.24, 2.45) is 0 Å². The van der Waals surface area contributed by atoms with Gasteiger partial charge in [0, 0.05) is 17.5 Å². The van der Waals surface area contributed by atoms with Crippen LogP contribution in [0.4, 0.5) is 5.69 Å². The highest BCUT2D eigenvalue weighted by Crippen LogP contribution is 2.26. The third-order valence-electron chi connectivity index (χ3n) is 1.96. The maximum atomic E-state index is 10.8. The van der Waals surface area contributed by atoms with Crippen molar-refractivity contribution >= 4 is 23.3 Å². The fourth-order valence-electron chi connectivity index (χ4n) is 1.25. The minimum Gasteiger partial charge on any atom is -0.478 e. The van der Waals surface area contributed by atoms with Crippen molar-refractivity contribution in [2.45, 2.75) is 5.88 Å². The Balaban J connectivity index is 3.60. The highest BCUT2D eigenvalue weighted by atomic mass is 35.5. The molecule has 0 aliphatic rings. The van der Waals surface area contributed by atoms with Gasteiger partial charge < -0.3 is 5.11 Å². The van der Waals surface area contributed by atoms with Gasteiger partial charge in [0.1, 0.15) is 11.6 Å². The lowest BCUT2D eigenvalue weighted by molar-refractivity contribution is -0.385. The SMILES string of the molecule is N#Cc1c([N+](=O)[O-])ccc(C(=O)O)c1CCl. The Hall–Kier alpha value is -2.13. The van der Waals surface area contributed by atoms with Crippen LogP contribution in [-0.4, -0.2) is 16.0 Å². The van der Waals surface area contributed by atoms with Crippen LogP contribution in [-0.2, 0) is 5.88 Å². The van der Waals surface area contributed by atoms with E-state index in [9.17, 15) is 14.9 Å². The van der Waals surface area contributed by atoms with Gasteiger partial charge >= 0.3 is 5.97 Å². The zero-order valence-electron chi connectivity index (χ0n) is 7.81. The van der Waals surface area contributed by atoms with E-state index in [0.717, 1.165) is 12.1 Å². The average molecular weight is 241 g/mol. The van der Waals surface area contributed by atoms with Gasteiger partial charge in [-0.05, 0) is 6.07 Å². The third-order valence-corrected chi connectivity index (χ3v) is 2.23. The minimum atomic E-state index is -1.28. The van der Waals surface area contributed by atoms with Gasteiger partial charge in [0.05, 0.1) is 10.5 Å². The number of carbonyl (C=O) groups is 1. The van der Waals surface area contributed by atoms with E-state index in [0.29, 0.717) is 0 Å². The first-order chi connectivity index (χ1) is 7.52. The average Bonchev–Trinajstić information content (AvgIpc) is 2.26. The van der Waals surface area contributed by atoms with Gasteiger partial charge in [0.25, 0.3) is 5.69 Å². The zero-order chi connectivity index (χ0) is 12.3. The van der Waals surface area contributed by atoms with Crippen molar-refractivity contribution in [3.63, 3.8) is 0 Å². The number of carboxylic acid groups (broad SMARTS) is 1. The van der Waals surface area contributed by atoms with Crippen LogP contribution in [0.2, 0.25) is 0 Å². The van der Waals surface area contributed by atoms with Gasteiger partial charge in [0.2, 0.25) is 0 Å². The molecule has 16 heavy (non-hydrogen) atoms. The molecule has 0 unspecified atom stereocenters. The number of aromatic carboxylic acids is 1. The number of hydrogen-bond donors (Lipinski definition) is 1. The van der Waals surface area contributed by atoms with Crippen LogP contribution >= 0.6 is 11.6 Å². The predicted octanol–water partition coefficient (Wildman–Crippen LogP) is 1.90. The standard InChI is InChI=1S/C9H5ClN2O4/c10-3-6-5(9(13)14)1-2-8(12(15)16)7(6)4-11/h1-2H,3H2,(H,13,14). The molecule has 1 aromatic rings. The van der Waals surface area contributed by atoms with Crippen molar-refractivity contribution in [1.82, 2.24) is 0 Å². The van der Waals surface area contributed by atoms with Gasteiger partial charge in [-0.3, -0.25) is 10.1 Å². The number of alkyl halides is 1.